The number of rotatable bonds is 4. The average Bonchev–Trinajstić information content (AvgIpc) is 2.90. The van der Waals surface area contributed by atoms with Gasteiger partial charge in [0.05, 0.1) is 6.04 Å². The third-order valence-corrected chi connectivity index (χ3v) is 4.43. The Bertz CT molecular complexity index is 547. The molecule has 1 atom stereocenters. The van der Waals surface area contributed by atoms with Crippen LogP contribution in [0.4, 0.5) is 0 Å². The fourth-order valence-corrected chi connectivity index (χ4v) is 3.60. The van der Waals surface area contributed by atoms with Crippen LogP contribution in [0.5, 0.6) is 0 Å². The number of nitrogens with one attached hydrogen (secondary N) is 1. The van der Waals surface area contributed by atoms with Crippen LogP contribution in [0.3, 0.4) is 0 Å². The van der Waals surface area contributed by atoms with Gasteiger partial charge in [0.15, 0.2) is 4.77 Å². The minimum atomic E-state index is 0.334. The number of thiophene rings is 1. The van der Waals surface area contributed by atoms with E-state index in [9.17, 15) is 0 Å². The van der Waals surface area contributed by atoms with Crippen molar-refractivity contribution in [2.45, 2.75) is 39.7 Å². The zero-order valence-electron chi connectivity index (χ0n) is 11.3. The first kappa shape index (κ1) is 13.6. The van der Waals surface area contributed by atoms with Gasteiger partial charge < -0.3 is 9.55 Å². The maximum absolute atomic E-state index is 5.47. The maximum atomic E-state index is 5.47. The minimum Gasteiger partial charge on any atom is -0.337 e. The standard InChI is InChI=1S/C14H20N2S2/c1-9(2)11-8-15-14(17)16(11)13(10(3)4)12-6-5-7-18-12/h5-10,13H,1-4H3,(H,15,17). The van der Waals surface area contributed by atoms with Crippen molar-refractivity contribution in [1.82, 2.24) is 9.55 Å². The van der Waals surface area contributed by atoms with Crippen LogP contribution in [0.25, 0.3) is 0 Å². The summed E-state index contributed by atoms with van der Waals surface area (Å²) in [7, 11) is 0. The molecule has 0 aliphatic carbocycles. The van der Waals surface area contributed by atoms with Crippen LogP contribution in [-0.2, 0) is 0 Å². The van der Waals surface area contributed by atoms with Gasteiger partial charge in [-0.1, -0.05) is 33.8 Å². The molecule has 0 spiro atoms. The molecular formula is C14H20N2S2. The summed E-state index contributed by atoms with van der Waals surface area (Å²) in [4.78, 5) is 4.58. The molecule has 18 heavy (non-hydrogen) atoms. The van der Waals surface area contributed by atoms with E-state index in [0.717, 1.165) is 4.77 Å². The van der Waals surface area contributed by atoms with E-state index in [1.54, 1.807) is 11.3 Å². The first-order chi connectivity index (χ1) is 8.52. The molecule has 0 aliphatic rings. The van der Waals surface area contributed by atoms with E-state index in [2.05, 4.69) is 61.0 Å². The van der Waals surface area contributed by atoms with E-state index in [4.69, 9.17) is 12.2 Å². The minimum absolute atomic E-state index is 0.334. The SMILES string of the molecule is CC(C)c1c[nH]c(=S)n1C(c1cccs1)C(C)C. The topological polar surface area (TPSA) is 20.7 Å². The van der Waals surface area contributed by atoms with Crippen molar-refractivity contribution in [2.75, 3.05) is 0 Å². The van der Waals surface area contributed by atoms with E-state index < -0.39 is 0 Å². The third kappa shape index (κ3) is 2.45. The van der Waals surface area contributed by atoms with Gasteiger partial charge in [0.2, 0.25) is 0 Å². The molecule has 0 radical (unpaired) electrons. The highest BCUT2D eigenvalue weighted by atomic mass is 32.1. The van der Waals surface area contributed by atoms with Crippen molar-refractivity contribution in [3.05, 3.63) is 39.1 Å². The lowest BCUT2D eigenvalue weighted by Gasteiger charge is -2.24. The molecule has 0 aromatic carbocycles. The summed E-state index contributed by atoms with van der Waals surface area (Å²) >= 11 is 7.28. The van der Waals surface area contributed by atoms with Crippen molar-refractivity contribution in [2.24, 2.45) is 5.92 Å². The smallest absolute Gasteiger partial charge is 0.177 e. The van der Waals surface area contributed by atoms with Gasteiger partial charge in [-0.15, -0.1) is 11.3 Å². The molecule has 2 aromatic rings. The van der Waals surface area contributed by atoms with Gasteiger partial charge in [0.1, 0.15) is 0 Å². The highest BCUT2D eigenvalue weighted by Crippen LogP contribution is 2.33. The lowest BCUT2D eigenvalue weighted by atomic mass is 10.0. The van der Waals surface area contributed by atoms with Gasteiger partial charge >= 0.3 is 0 Å². The number of H-pyrrole nitrogens is 1. The number of hydrogen-bond donors (Lipinski definition) is 1. The normalized spacial score (nSPS) is 13.4. The Balaban J connectivity index is 2.57. The predicted molar refractivity (Wildman–Crippen MR) is 81.0 cm³/mol. The molecule has 1 N–H and O–H groups in total. The highest BCUT2D eigenvalue weighted by Gasteiger charge is 2.23. The summed E-state index contributed by atoms with van der Waals surface area (Å²) in [6, 6.07) is 4.65. The maximum Gasteiger partial charge on any atom is 0.177 e. The predicted octanol–water partition coefficient (Wildman–Crippen LogP) is 4.98. The summed E-state index contributed by atoms with van der Waals surface area (Å²) in [6.07, 6.45) is 2.05. The van der Waals surface area contributed by atoms with Gasteiger partial charge in [0.25, 0.3) is 0 Å². The van der Waals surface area contributed by atoms with Crippen LogP contribution in [-0.4, -0.2) is 9.55 Å². The van der Waals surface area contributed by atoms with Gasteiger partial charge in [-0.25, -0.2) is 0 Å². The molecule has 0 aliphatic heterocycles. The molecule has 4 heteroatoms. The van der Waals surface area contributed by atoms with Crippen LogP contribution in [0.1, 0.15) is 50.2 Å². The lowest BCUT2D eigenvalue weighted by molar-refractivity contribution is 0.424. The second-order valence-electron chi connectivity index (χ2n) is 5.25. The summed E-state index contributed by atoms with van der Waals surface area (Å²) in [5, 5.41) is 2.13. The quantitative estimate of drug-likeness (QED) is 0.784. The van der Waals surface area contributed by atoms with E-state index in [1.807, 2.05) is 0 Å². The largest absolute Gasteiger partial charge is 0.337 e. The lowest BCUT2D eigenvalue weighted by Crippen LogP contribution is -2.18. The van der Waals surface area contributed by atoms with Crippen LogP contribution in [0.15, 0.2) is 23.7 Å². The number of imidazole rings is 1. The van der Waals surface area contributed by atoms with Gasteiger partial charge in [-0.2, -0.15) is 0 Å². The van der Waals surface area contributed by atoms with Crippen LogP contribution in [0, 0.1) is 10.7 Å². The monoisotopic (exact) mass is 280 g/mol. The van der Waals surface area contributed by atoms with Crippen molar-refractivity contribution in [1.29, 1.82) is 0 Å². The molecule has 98 valence electrons. The number of aromatic amines is 1. The summed E-state index contributed by atoms with van der Waals surface area (Å²) in [5.74, 6) is 0.989. The Morgan fingerprint density at radius 3 is 2.50 bits per heavy atom. The van der Waals surface area contributed by atoms with E-state index in [0.29, 0.717) is 17.9 Å². The second kappa shape index (κ2) is 5.41. The second-order valence-corrected chi connectivity index (χ2v) is 6.61. The molecule has 2 nitrogen and oxygen atoms in total. The summed E-state index contributed by atoms with van der Waals surface area (Å²) < 4.78 is 3.11. The Hall–Kier alpha value is -0.870. The number of hydrogen-bond acceptors (Lipinski definition) is 2. The van der Waals surface area contributed by atoms with E-state index in [1.165, 1.54) is 10.6 Å². The first-order valence-electron chi connectivity index (χ1n) is 6.35. The summed E-state index contributed by atoms with van der Waals surface area (Å²) in [5.41, 5.74) is 1.28. The van der Waals surface area contributed by atoms with E-state index >= 15 is 0 Å². The molecule has 0 amide bonds. The fraction of sp³-hybridized carbons (Fsp3) is 0.500. The Labute approximate surface area is 118 Å². The van der Waals surface area contributed by atoms with Gasteiger partial charge in [-0.3, -0.25) is 0 Å². The molecule has 1 unspecified atom stereocenters. The van der Waals surface area contributed by atoms with Crippen LogP contribution < -0.4 is 0 Å². The molecule has 0 bridgehead atoms. The summed E-state index contributed by atoms with van der Waals surface area (Å²) in [6.45, 7) is 8.92. The van der Waals surface area contributed by atoms with E-state index in [-0.39, 0.29) is 0 Å². The molecule has 0 fully saturated rings. The molecule has 2 heterocycles. The molecule has 2 aromatic heterocycles. The molecule has 2 rings (SSSR count). The Morgan fingerprint density at radius 1 is 1.28 bits per heavy atom. The zero-order valence-corrected chi connectivity index (χ0v) is 12.9. The number of nitrogens with zero attached hydrogens (tertiary/aromatic N) is 1. The van der Waals surface area contributed by atoms with Crippen molar-refractivity contribution in [3.63, 3.8) is 0 Å². The molecular weight excluding hydrogens is 260 g/mol. The average molecular weight is 280 g/mol. The fourth-order valence-electron chi connectivity index (χ4n) is 2.34. The third-order valence-electron chi connectivity index (χ3n) is 3.18. The number of aromatic nitrogens is 2. The van der Waals surface area contributed by atoms with Crippen LogP contribution in [0.2, 0.25) is 0 Å². The first-order valence-corrected chi connectivity index (χ1v) is 7.64. The highest BCUT2D eigenvalue weighted by molar-refractivity contribution is 7.71. The van der Waals surface area contributed by atoms with Gasteiger partial charge in [0, 0.05) is 16.8 Å². The zero-order chi connectivity index (χ0) is 13.3. The van der Waals surface area contributed by atoms with Crippen molar-refractivity contribution >= 4 is 23.6 Å². The van der Waals surface area contributed by atoms with Gasteiger partial charge in [-0.05, 0) is 35.5 Å². The molecule has 0 saturated heterocycles. The van der Waals surface area contributed by atoms with Crippen LogP contribution >= 0.6 is 23.6 Å². The van der Waals surface area contributed by atoms with Crippen molar-refractivity contribution in [3.8, 4) is 0 Å². The Kier molecular flexibility index (Phi) is 4.07. The molecule has 0 saturated carbocycles. The Morgan fingerprint density at radius 2 is 2.00 bits per heavy atom. The van der Waals surface area contributed by atoms with Crippen molar-refractivity contribution < 1.29 is 0 Å².